The Morgan fingerprint density at radius 2 is 1.76 bits per heavy atom. The summed E-state index contributed by atoms with van der Waals surface area (Å²) in [5.41, 5.74) is 1.27. The van der Waals surface area contributed by atoms with E-state index in [1.807, 2.05) is 12.1 Å². The van der Waals surface area contributed by atoms with E-state index in [4.69, 9.17) is 14.2 Å². The number of hydrogen-bond donors (Lipinski definition) is 1. The van der Waals surface area contributed by atoms with Crippen LogP contribution >= 0.6 is 0 Å². The van der Waals surface area contributed by atoms with Gasteiger partial charge in [0.05, 0.1) is 19.8 Å². The highest BCUT2D eigenvalue weighted by atomic mass is 16.5. The van der Waals surface area contributed by atoms with Crippen LogP contribution in [0.1, 0.15) is 6.42 Å². The third kappa shape index (κ3) is 5.91. The largest absolute Gasteiger partial charge is 0.494 e. The van der Waals surface area contributed by atoms with Gasteiger partial charge in [0.25, 0.3) is 0 Å². The van der Waals surface area contributed by atoms with Crippen molar-refractivity contribution in [3.63, 3.8) is 0 Å². The Morgan fingerprint density at radius 1 is 1.00 bits per heavy atom. The molecule has 5 heteroatoms. The zero-order valence-electron chi connectivity index (χ0n) is 12.8. The molecule has 1 aliphatic heterocycles. The third-order valence-electron chi connectivity index (χ3n) is 3.45. The van der Waals surface area contributed by atoms with Crippen molar-refractivity contribution in [3.8, 4) is 5.75 Å². The Bertz CT molecular complexity index is 378. The van der Waals surface area contributed by atoms with Crippen molar-refractivity contribution in [2.75, 3.05) is 64.6 Å². The Morgan fingerprint density at radius 3 is 2.48 bits per heavy atom. The van der Waals surface area contributed by atoms with Gasteiger partial charge in [0, 0.05) is 52.0 Å². The summed E-state index contributed by atoms with van der Waals surface area (Å²) in [5.74, 6) is 0.922. The minimum absolute atomic E-state index is 0.647. The molecule has 2 rings (SSSR count). The third-order valence-corrected chi connectivity index (χ3v) is 3.45. The molecule has 21 heavy (non-hydrogen) atoms. The second-order valence-corrected chi connectivity index (χ2v) is 5.04. The van der Waals surface area contributed by atoms with Gasteiger partial charge >= 0.3 is 0 Å². The summed E-state index contributed by atoms with van der Waals surface area (Å²) in [6, 6.07) is 8.36. The van der Waals surface area contributed by atoms with Crippen LogP contribution in [0.5, 0.6) is 5.75 Å². The van der Waals surface area contributed by atoms with Crippen molar-refractivity contribution in [2.45, 2.75) is 6.42 Å². The molecule has 0 spiro atoms. The van der Waals surface area contributed by atoms with Crippen LogP contribution in [0.15, 0.2) is 24.3 Å². The molecule has 1 N–H and O–H groups in total. The SMILES string of the molecule is COCCOCCCOc1ccc(N2CCNCC2)cc1. The molecule has 1 aromatic rings. The Hall–Kier alpha value is -1.30. The van der Waals surface area contributed by atoms with Gasteiger partial charge in [0.1, 0.15) is 5.75 Å². The van der Waals surface area contributed by atoms with E-state index in [2.05, 4.69) is 22.3 Å². The monoisotopic (exact) mass is 294 g/mol. The Balaban J connectivity index is 1.63. The van der Waals surface area contributed by atoms with Crippen molar-refractivity contribution in [1.29, 1.82) is 0 Å². The number of ether oxygens (including phenoxy) is 3. The summed E-state index contributed by atoms with van der Waals surface area (Å²) in [6.45, 7) is 6.94. The Labute approximate surface area is 127 Å². The van der Waals surface area contributed by atoms with Crippen molar-refractivity contribution in [1.82, 2.24) is 5.32 Å². The van der Waals surface area contributed by atoms with Crippen LogP contribution in [0.25, 0.3) is 0 Å². The first-order chi connectivity index (χ1) is 10.4. The van der Waals surface area contributed by atoms with Crippen molar-refractivity contribution >= 4 is 5.69 Å². The molecule has 1 aliphatic rings. The summed E-state index contributed by atoms with van der Waals surface area (Å²) in [6.07, 6.45) is 0.892. The van der Waals surface area contributed by atoms with E-state index in [-0.39, 0.29) is 0 Å². The van der Waals surface area contributed by atoms with Crippen LogP contribution in [0, 0.1) is 0 Å². The predicted molar refractivity (Wildman–Crippen MR) is 84.3 cm³/mol. The second-order valence-electron chi connectivity index (χ2n) is 5.04. The van der Waals surface area contributed by atoms with Crippen LogP contribution in [0.3, 0.4) is 0 Å². The van der Waals surface area contributed by atoms with E-state index in [0.717, 1.165) is 38.3 Å². The highest BCUT2D eigenvalue weighted by molar-refractivity contribution is 5.49. The van der Waals surface area contributed by atoms with Gasteiger partial charge in [-0.15, -0.1) is 0 Å². The number of nitrogens with one attached hydrogen (secondary N) is 1. The molecular formula is C16H26N2O3. The first-order valence-corrected chi connectivity index (χ1v) is 7.65. The molecule has 5 nitrogen and oxygen atoms in total. The fraction of sp³-hybridized carbons (Fsp3) is 0.625. The van der Waals surface area contributed by atoms with Crippen LogP contribution in [-0.4, -0.2) is 59.7 Å². The van der Waals surface area contributed by atoms with E-state index in [1.54, 1.807) is 7.11 Å². The van der Waals surface area contributed by atoms with Crippen LogP contribution < -0.4 is 15.0 Å². The number of nitrogens with zero attached hydrogens (tertiary/aromatic N) is 1. The maximum atomic E-state index is 5.71. The minimum atomic E-state index is 0.647. The highest BCUT2D eigenvalue weighted by Gasteiger charge is 2.09. The minimum Gasteiger partial charge on any atom is -0.494 e. The molecule has 0 saturated carbocycles. The number of rotatable bonds is 9. The fourth-order valence-corrected chi connectivity index (χ4v) is 2.27. The average Bonchev–Trinajstić information content (AvgIpc) is 2.55. The molecule has 0 amide bonds. The van der Waals surface area contributed by atoms with Gasteiger partial charge in [-0.1, -0.05) is 0 Å². The van der Waals surface area contributed by atoms with Crippen molar-refractivity contribution in [3.05, 3.63) is 24.3 Å². The smallest absolute Gasteiger partial charge is 0.119 e. The van der Waals surface area contributed by atoms with Gasteiger partial charge < -0.3 is 24.4 Å². The summed E-state index contributed by atoms with van der Waals surface area (Å²) >= 11 is 0. The summed E-state index contributed by atoms with van der Waals surface area (Å²) in [5, 5.41) is 3.36. The number of benzene rings is 1. The van der Waals surface area contributed by atoms with Crippen LogP contribution in [-0.2, 0) is 9.47 Å². The quantitative estimate of drug-likeness (QED) is 0.700. The highest BCUT2D eigenvalue weighted by Crippen LogP contribution is 2.19. The second kappa shape index (κ2) is 9.60. The molecule has 1 saturated heterocycles. The van der Waals surface area contributed by atoms with E-state index in [9.17, 15) is 0 Å². The molecule has 1 heterocycles. The fourth-order valence-electron chi connectivity index (χ4n) is 2.27. The van der Waals surface area contributed by atoms with Crippen LogP contribution in [0.2, 0.25) is 0 Å². The van der Waals surface area contributed by atoms with E-state index in [0.29, 0.717) is 26.4 Å². The lowest BCUT2D eigenvalue weighted by Gasteiger charge is -2.29. The maximum Gasteiger partial charge on any atom is 0.119 e. The molecule has 0 radical (unpaired) electrons. The number of hydrogen-bond acceptors (Lipinski definition) is 5. The molecule has 0 bridgehead atoms. The number of methoxy groups -OCH3 is 1. The van der Waals surface area contributed by atoms with Gasteiger partial charge in [0.15, 0.2) is 0 Å². The van der Waals surface area contributed by atoms with Crippen molar-refractivity contribution < 1.29 is 14.2 Å². The molecule has 0 aliphatic carbocycles. The standard InChI is InChI=1S/C16H26N2O3/c1-19-13-14-20-11-2-12-21-16-5-3-15(4-6-16)18-9-7-17-8-10-18/h3-6,17H,2,7-14H2,1H3. The summed E-state index contributed by atoms with van der Waals surface area (Å²) in [4.78, 5) is 2.39. The Kier molecular flexibility index (Phi) is 7.35. The molecular weight excluding hydrogens is 268 g/mol. The lowest BCUT2D eigenvalue weighted by molar-refractivity contribution is 0.0644. The molecule has 0 unspecified atom stereocenters. The lowest BCUT2D eigenvalue weighted by Crippen LogP contribution is -2.43. The van der Waals surface area contributed by atoms with Gasteiger partial charge in [-0.2, -0.15) is 0 Å². The molecule has 1 aromatic carbocycles. The topological polar surface area (TPSA) is 43.0 Å². The molecule has 0 aromatic heterocycles. The first-order valence-electron chi connectivity index (χ1n) is 7.65. The van der Waals surface area contributed by atoms with Gasteiger partial charge in [-0.25, -0.2) is 0 Å². The summed E-state index contributed by atoms with van der Waals surface area (Å²) in [7, 11) is 1.68. The van der Waals surface area contributed by atoms with E-state index in [1.165, 1.54) is 5.69 Å². The molecule has 0 atom stereocenters. The number of piperazine rings is 1. The van der Waals surface area contributed by atoms with E-state index >= 15 is 0 Å². The van der Waals surface area contributed by atoms with Gasteiger partial charge in [0.2, 0.25) is 0 Å². The van der Waals surface area contributed by atoms with Gasteiger partial charge in [-0.05, 0) is 24.3 Å². The first kappa shape index (κ1) is 16.1. The maximum absolute atomic E-state index is 5.71. The zero-order chi connectivity index (χ0) is 14.8. The normalized spacial score (nSPS) is 15.2. The summed E-state index contributed by atoms with van der Waals surface area (Å²) < 4.78 is 16.0. The molecule has 1 fully saturated rings. The van der Waals surface area contributed by atoms with E-state index < -0.39 is 0 Å². The average molecular weight is 294 g/mol. The van der Waals surface area contributed by atoms with Crippen LogP contribution in [0.4, 0.5) is 5.69 Å². The van der Waals surface area contributed by atoms with Gasteiger partial charge in [-0.3, -0.25) is 0 Å². The predicted octanol–water partition coefficient (Wildman–Crippen LogP) is 1.53. The lowest BCUT2D eigenvalue weighted by atomic mass is 10.2. The number of anilines is 1. The zero-order valence-corrected chi connectivity index (χ0v) is 12.8. The van der Waals surface area contributed by atoms with Crippen molar-refractivity contribution in [2.24, 2.45) is 0 Å². The molecule has 118 valence electrons.